The summed E-state index contributed by atoms with van der Waals surface area (Å²) in [6, 6.07) is 7.96. The van der Waals surface area contributed by atoms with E-state index in [1.807, 2.05) is 18.2 Å². The van der Waals surface area contributed by atoms with Crippen molar-refractivity contribution in [1.82, 2.24) is 5.32 Å². The average Bonchev–Trinajstić information content (AvgIpc) is 3.20. The summed E-state index contributed by atoms with van der Waals surface area (Å²) in [7, 11) is 0. The van der Waals surface area contributed by atoms with Gasteiger partial charge in [0.1, 0.15) is 5.75 Å². The van der Waals surface area contributed by atoms with Gasteiger partial charge in [-0.05, 0) is 6.07 Å². The number of hydrogen-bond donors (Lipinski definition) is 1. The minimum absolute atomic E-state index is 0.0294. The number of nitrogens with one attached hydrogen (secondary N) is 1. The quantitative estimate of drug-likeness (QED) is 0.786. The van der Waals surface area contributed by atoms with Crippen molar-refractivity contribution in [2.45, 2.75) is 37.3 Å². The number of ether oxygens (including phenoxy) is 1. The zero-order valence-corrected chi connectivity index (χ0v) is 12.4. The van der Waals surface area contributed by atoms with Crippen LogP contribution in [0.4, 0.5) is 0 Å². The Bertz CT molecular complexity index is 627. The number of amides is 1. The molecule has 0 aliphatic carbocycles. The Balaban J connectivity index is 1.41. The Morgan fingerprint density at radius 1 is 1.41 bits per heavy atom. The van der Waals surface area contributed by atoms with Gasteiger partial charge in [-0.1, -0.05) is 18.2 Å². The SMILES string of the molecule is C#CCCC1(CCC(=O)NCC2COc3ccccc32)N=N1. The maximum atomic E-state index is 12.0. The molecule has 22 heavy (non-hydrogen) atoms. The van der Waals surface area contributed by atoms with Crippen LogP contribution in [0.15, 0.2) is 34.5 Å². The van der Waals surface area contributed by atoms with Gasteiger partial charge in [-0.3, -0.25) is 4.79 Å². The average molecular weight is 297 g/mol. The number of para-hydroxylation sites is 1. The molecule has 1 aromatic carbocycles. The van der Waals surface area contributed by atoms with Crippen molar-refractivity contribution in [3.63, 3.8) is 0 Å². The van der Waals surface area contributed by atoms with Gasteiger partial charge in [0.15, 0.2) is 5.66 Å². The lowest BCUT2D eigenvalue weighted by Gasteiger charge is -2.12. The van der Waals surface area contributed by atoms with Crippen LogP contribution in [0.25, 0.3) is 0 Å². The molecule has 1 unspecified atom stereocenters. The van der Waals surface area contributed by atoms with Gasteiger partial charge in [0, 0.05) is 43.7 Å². The molecule has 0 saturated carbocycles. The van der Waals surface area contributed by atoms with Crippen LogP contribution in [-0.2, 0) is 4.79 Å². The van der Waals surface area contributed by atoms with Gasteiger partial charge in [0.05, 0.1) is 6.61 Å². The van der Waals surface area contributed by atoms with Crippen molar-refractivity contribution in [3.8, 4) is 18.1 Å². The van der Waals surface area contributed by atoms with E-state index in [2.05, 4.69) is 27.5 Å². The fraction of sp³-hybridized carbons (Fsp3) is 0.471. The van der Waals surface area contributed by atoms with Crippen molar-refractivity contribution in [1.29, 1.82) is 0 Å². The summed E-state index contributed by atoms with van der Waals surface area (Å²) in [4.78, 5) is 12.0. The monoisotopic (exact) mass is 297 g/mol. The molecule has 0 bridgehead atoms. The molecule has 5 nitrogen and oxygen atoms in total. The molecule has 0 saturated heterocycles. The van der Waals surface area contributed by atoms with E-state index in [9.17, 15) is 4.79 Å². The Kier molecular flexibility index (Phi) is 4.10. The van der Waals surface area contributed by atoms with Gasteiger partial charge in [0.25, 0.3) is 0 Å². The van der Waals surface area contributed by atoms with E-state index in [1.54, 1.807) is 0 Å². The van der Waals surface area contributed by atoms with Crippen molar-refractivity contribution in [2.24, 2.45) is 10.2 Å². The molecule has 0 aromatic heterocycles. The van der Waals surface area contributed by atoms with E-state index >= 15 is 0 Å². The van der Waals surface area contributed by atoms with Gasteiger partial charge in [0.2, 0.25) is 5.91 Å². The normalized spacial score (nSPS) is 19.9. The Hall–Kier alpha value is -2.35. The number of carbonyl (C=O) groups excluding carboxylic acids is 1. The molecule has 2 aliphatic rings. The van der Waals surface area contributed by atoms with Crippen LogP contribution in [0, 0.1) is 12.3 Å². The minimum Gasteiger partial charge on any atom is -0.493 e. The van der Waals surface area contributed by atoms with Crippen molar-refractivity contribution < 1.29 is 9.53 Å². The van der Waals surface area contributed by atoms with Crippen molar-refractivity contribution >= 4 is 5.91 Å². The highest BCUT2D eigenvalue weighted by molar-refractivity contribution is 5.76. The van der Waals surface area contributed by atoms with Crippen LogP contribution < -0.4 is 10.1 Å². The number of benzene rings is 1. The lowest BCUT2D eigenvalue weighted by molar-refractivity contribution is -0.121. The summed E-state index contributed by atoms with van der Waals surface area (Å²) >= 11 is 0. The first-order valence-electron chi connectivity index (χ1n) is 7.58. The molecule has 1 amide bonds. The minimum atomic E-state index is -0.382. The molecule has 0 radical (unpaired) electrons. The maximum Gasteiger partial charge on any atom is 0.220 e. The van der Waals surface area contributed by atoms with E-state index in [0.29, 0.717) is 32.4 Å². The van der Waals surface area contributed by atoms with Crippen LogP contribution >= 0.6 is 0 Å². The standard InChI is InChI=1S/C17H19N3O2/c1-2-3-9-17(19-20-17)10-8-16(21)18-11-13-12-22-15-7-5-4-6-14(13)15/h1,4-7,13H,3,8-12H2,(H,18,21). The Morgan fingerprint density at radius 3 is 3.00 bits per heavy atom. The number of hydrogen-bond acceptors (Lipinski definition) is 4. The maximum absolute atomic E-state index is 12.0. The van der Waals surface area contributed by atoms with E-state index in [4.69, 9.17) is 11.2 Å². The number of nitrogens with zero attached hydrogens (tertiary/aromatic N) is 2. The molecular formula is C17H19N3O2. The third-order valence-electron chi connectivity index (χ3n) is 4.15. The molecule has 0 fully saturated rings. The number of terminal acetylenes is 1. The Morgan fingerprint density at radius 2 is 2.23 bits per heavy atom. The molecule has 2 heterocycles. The zero-order chi connectivity index (χ0) is 15.4. The van der Waals surface area contributed by atoms with E-state index in [1.165, 1.54) is 5.56 Å². The second-order valence-electron chi connectivity index (χ2n) is 5.74. The first-order valence-corrected chi connectivity index (χ1v) is 7.58. The van der Waals surface area contributed by atoms with Gasteiger partial charge in [-0.2, -0.15) is 10.2 Å². The third kappa shape index (κ3) is 3.28. The fourth-order valence-corrected chi connectivity index (χ4v) is 2.71. The third-order valence-corrected chi connectivity index (χ3v) is 4.15. The molecular weight excluding hydrogens is 278 g/mol. The van der Waals surface area contributed by atoms with Crippen molar-refractivity contribution in [3.05, 3.63) is 29.8 Å². The van der Waals surface area contributed by atoms with Gasteiger partial charge in [-0.25, -0.2) is 0 Å². The predicted molar refractivity (Wildman–Crippen MR) is 82.6 cm³/mol. The first-order chi connectivity index (χ1) is 10.7. The van der Waals surface area contributed by atoms with E-state index < -0.39 is 0 Å². The fourth-order valence-electron chi connectivity index (χ4n) is 2.71. The molecule has 3 rings (SSSR count). The van der Waals surface area contributed by atoms with Crippen molar-refractivity contribution in [2.75, 3.05) is 13.2 Å². The van der Waals surface area contributed by atoms with E-state index in [0.717, 1.165) is 12.2 Å². The van der Waals surface area contributed by atoms with E-state index in [-0.39, 0.29) is 17.5 Å². The molecule has 0 spiro atoms. The lowest BCUT2D eigenvalue weighted by atomic mass is 10.0. The molecule has 1 N–H and O–H groups in total. The molecule has 5 heteroatoms. The largest absolute Gasteiger partial charge is 0.493 e. The highest BCUT2D eigenvalue weighted by atomic mass is 16.5. The first kappa shape index (κ1) is 14.6. The topological polar surface area (TPSA) is 63.0 Å². The summed E-state index contributed by atoms with van der Waals surface area (Å²) < 4.78 is 5.61. The summed E-state index contributed by atoms with van der Waals surface area (Å²) in [6.45, 7) is 1.22. The highest BCUT2D eigenvalue weighted by Crippen LogP contribution is 2.37. The number of carbonyl (C=O) groups is 1. The molecule has 1 atom stereocenters. The summed E-state index contributed by atoms with van der Waals surface area (Å²) in [5.41, 5.74) is 0.785. The van der Waals surface area contributed by atoms with Crippen LogP contribution in [0.2, 0.25) is 0 Å². The smallest absolute Gasteiger partial charge is 0.220 e. The van der Waals surface area contributed by atoms with Gasteiger partial charge in [-0.15, -0.1) is 12.3 Å². The number of rotatable bonds is 7. The summed E-state index contributed by atoms with van der Waals surface area (Å²) in [5.74, 6) is 3.77. The Labute approximate surface area is 130 Å². The zero-order valence-electron chi connectivity index (χ0n) is 12.4. The van der Waals surface area contributed by atoms with Crippen LogP contribution in [-0.4, -0.2) is 24.7 Å². The van der Waals surface area contributed by atoms with Gasteiger partial charge < -0.3 is 10.1 Å². The predicted octanol–water partition coefficient (Wildman–Crippen LogP) is 2.63. The van der Waals surface area contributed by atoms with Gasteiger partial charge >= 0.3 is 0 Å². The summed E-state index contributed by atoms with van der Waals surface area (Å²) in [5, 5.41) is 11.1. The van der Waals surface area contributed by atoms with Crippen LogP contribution in [0.5, 0.6) is 5.75 Å². The highest BCUT2D eigenvalue weighted by Gasteiger charge is 2.39. The number of fused-ring (bicyclic) bond motifs is 1. The van der Waals surface area contributed by atoms with Crippen LogP contribution in [0.1, 0.15) is 37.2 Å². The lowest BCUT2D eigenvalue weighted by Crippen LogP contribution is -2.30. The molecule has 2 aliphatic heterocycles. The molecule has 1 aromatic rings. The summed E-state index contributed by atoms with van der Waals surface area (Å²) in [6.07, 6.45) is 7.69. The second-order valence-corrected chi connectivity index (χ2v) is 5.74. The second kappa shape index (κ2) is 6.18. The van der Waals surface area contributed by atoms with Crippen LogP contribution in [0.3, 0.4) is 0 Å². The molecule has 114 valence electrons.